The topological polar surface area (TPSA) is 15.3 Å². The van der Waals surface area contributed by atoms with Gasteiger partial charge in [0.1, 0.15) is 0 Å². The predicted octanol–water partition coefficient (Wildman–Crippen LogP) is 6.26. The van der Waals surface area contributed by atoms with Crippen LogP contribution in [0.15, 0.2) is 0 Å². The summed E-state index contributed by atoms with van der Waals surface area (Å²) in [6, 6.07) is 0. The zero-order valence-corrected chi connectivity index (χ0v) is 17.5. The van der Waals surface area contributed by atoms with E-state index < -0.39 is 0 Å². The minimum atomic E-state index is 0.893. The van der Waals surface area contributed by atoms with Crippen LogP contribution in [0, 0.1) is 5.92 Å². The minimum absolute atomic E-state index is 0.893. The molecule has 0 aliphatic rings. The molecule has 0 aliphatic carbocycles. The van der Waals surface area contributed by atoms with Crippen LogP contribution in [0.3, 0.4) is 0 Å². The lowest BCUT2D eigenvalue weighted by Crippen LogP contribution is -2.27. The van der Waals surface area contributed by atoms with Crippen LogP contribution < -0.4 is 5.32 Å². The van der Waals surface area contributed by atoms with Gasteiger partial charge in [-0.25, -0.2) is 0 Å². The van der Waals surface area contributed by atoms with Crippen molar-refractivity contribution in [3.05, 3.63) is 0 Å². The maximum Gasteiger partial charge on any atom is 0.0101 e. The van der Waals surface area contributed by atoms with E-state index in [0.717, 1.165) is 19.0 Å². The van der Waals surface area contributed by atoms with E-state index in [4.69, 9.17) is 0 Å². The minimum Gasteiger partial charge on any atom is -0.315 e. The Balaban J connectivity index is 2.98. The van der Waals surface area contributed by atoms with Gasteiger partial charge in [0.15, 0.2) is 0 Å². The number of hydrogen-bond donors (Lipinski definition) is 1. The van der Waals surface area contributed by atoms with Crippen LogP contribution in [0.2, 0.25) is 0 Å². The summed E-state index contributed by atoms with van der Waals surface area (Å²) in [5.74, 6) is 0.893. The molecule has 0 saturated carbocycles. The Morgan fingerprint density at radius 1 is 0.583 bits per heavy atom. The lowest BCUT2D eigenvalue weighted by molar-refractivity contribution is 0.398. The van der Waals surface area contributed by atoms with Crippen LogP contribution >= 0.6 is 0 Å². The molecule has 0 unspecified atom stereocenters. The first-order valence-electron chi connectivity index (χ1n) is 11.0. The van der Waals surface area contributed by atoms with Crippen LogP contribution in [0.5, 0.6) is 0 Å². The average Bonchev–Trinajstić information content (AvgIpc) is 2.53. The molecule has 0 fully saturated rings. The lowest BCUT2D eigenvalue weighted by atomic mass is 10.0. The molecule has 0 radical (unpaired) electrons. The maximum absolute atomic E-state index is 3.52. The highest BCUT2D eigenvalue weighted by atomic mass is 15.1. The maximum atomic E-state index is 3.52. The molecule has 2 nitrogen and oxygen atoms in total. The molecule has 0 rings (SSSR count). The third-order valence-electron chi connectivity index (χ3n) is 4.87. The van der Waals surface area contributed by atoms with Gasteiger partial charge < -0.3 is 10.2 Å². The third kappa shape index (κ3) is 21.9. The van der Waals surface area contributed by atoms with Crippen molar-refractivity contribution in [2.24, 2.45) is 5.92 Å². The Labute approximate surface area is 154 Å². The second-order valence-electron chi connectivity index (χ2n) is 8.33. The number of hydrogen-bond acceptors (Lipinski definition) is 2. The first-order valence-corrected chi connectivity index (χ1v) is 11.0. The van der Waals surface area contributed by atoms with Crippen LogP contribution in [0.25, 0.3) is 0 Å². The van der Waals surface area contributed by atoms with Gasteiger partial charge in [-0.2, -0.15) is 0 Å². The summed E-state index contributed by atoms with van der Waals surface area (Å²) in [5.41, 5.74) is 0. The molecule has 1 N–H and O–H groups in total. The van der Waals surface area contributed by atoms with Crippen LogP contribution in [-0.2, 0) is 0 Å². The van der Waals surface area contributed by atoms with Crippen molar-refractivity contribution in [3.8, 4) is 0 Å². The second kappa shape index (κ2) is 19.2. The largest absolute Gasteiger partial charge is 0.315 e. The van der Waals surface area contributed by atoms with E-state index in [2.05, 4.69) is 38.2 Å². The molecular formula is C22H48N2. The highest BCUT2D eigenvalue weighted by Gasteiger charge is 1.96. The first-order chi connectivity index (χ1) is 11.6. The molecule has 0 bridgehead atoms. The summed E-state index contributed by atoms with van der Waals surface area (Å²) in [5, 5.41) is 3.52. The summed E-state index contributed by atoms with van der Waals surface area (Å²) in [6.45, 7) is 8.15. The molecule has 2 heteroatoms. The normalized spacial score (nSPS) is 11.8. The molecule has 146 valence electrons. The van der Waals surface area contributed by atoms with Gasteiger partial charge in [0.2, 0.25) is 0 Å². The fourth-order valence-electron chi connectivity index (χ4n) is 3.17. The summed E-state index contributed by atoms with van der Waals surface area (Å²) in [7, 11) is 4.27. The number of nitrogens with one attached hydrogen (secondary N) is 1. The van der Waals surface area contributed by atoms with E-state index in [1.165, 1.54) is 96.4 Å². The Morgan fingerprint density at radius 2 is 1.00 bits per heavy atom. The lowest BCUT2D eigenvalue weighted by Gasteiger charge is -2.10. The van der Waals surface area contributed by atoms with Crippen molar-refractivity contribution < 1.29 is 0 Å². The average molecular weight is 341 g/mol. The molecule has 0 aliphatic heterocycles. The van der Waals surface area contributed by atoms with E-state index in [-0.39, 0.29) is 0 Å². The highest BCUT2D eigenvalue weighted by molar-refractivity contribution is 4.53. The van der Waals surface area contributed by atoms with Gasteiger partial charge in [0, 0.05) is 13.1 Å². The van der Waals surface area contributed by atoms with Crippen LogP contribution in [0.1, 0.15) is 104 Å². The molecule has 0 atom stereocenters. The van der Waals surface area contributed by atoms with Crippen LogP contribution in [0.4, 0.5) is 0 Å². The number of unbranched alkanes of at least 4 members (excludes halogenated alkanes) is 12. The molecule has 0 amide bonds. The van der Waals surface area contributed by atoms with Crippen molar-refractivity contribution in [1.82, 2.24) is 10.2 Å². The van der Waals surface area contributed by atoms with Gasteiger partial charge in [-0.3, -0.25) is 0 Å². The summed E-state index contributed by atoms with van der Waals surface area (Å²) in [4.78, 5) is 2.24. The van der Waals surface area contributed by atoms with Crippen molar-refractivity contribution in [3.63, 3.8) is 0 Å². The molecule has 0 heterocycles. The first kappa shape index (κ1) is 23.9. The molecular weight excluding hydrogens is 292 g/mol. The molecule has 0 aromatic heterocycles. The Hall–Kier alpha value is -0.0800. The number of rotatable bonds is 19. The van der Waals surface area contributed by atoms with Gasteiger partial charge >= 0.3 is 0 Å². The quantitative estimate of drug-likeness (QED) is 0.279. The number of likely N-dealkylation sites (N-methyl/N-ethyl adjacent to an activating group) is 1. The van der Waals surface area contributed by atoms with Crippen molar-refractivity contribution >= 4 is 0 Å². The van der Waals surface area contributed by atoms with Gasteiger partial charge in [-0.05, 0) is 33.0 Å². The molecule has 0 spiro atoms. The van der Waals surface area contributed by atoms with Gasteiger partial charge in [0.25, 0.3) is 0 Å². The molecule has 0 saturated heterocycles. The van der Waals surface area contributed by atoms with Gasteiger partial charge in [-0.15, -0.1) is 0 Å². The monoisotopic (exact) mass is 340 g/mol. The Bertz CT molecular complexity index is 202. The second-order valence-corrected chi connectivity index (χ2v) is 8.33. The van der Waals surface area contributed by atoms with Crippen LogP contribution in [-0.4, -0.2) is 38.6 Å². The van der Waals surface area contributed by atoms with Crippen molar-refractivity contribution in [2.75, 3.05) is 33.7 Å². The Morgan fingerprint density at radius 3 is 1.42 bits per heavy atom. The fourth-order valence-corrected chi connectivity index (χ4v) is 3.17. The zero-order valence-electron chi connectivity index (χ0n) is 17.5. The van der Waals surface area contributed by atoms with E-state index in [1.54, 1.807) is 0 Å². The van der Waals surface area contributed by atoms with Gasteiger partial charge in [-0.1, -0.05) is 97.3 Å². The highest BCUT2D eigenvalue weighted by Crippen LogP contribution is 2.14. The Kier molecular flexibility index (Phi) is 19.2. The van der Waals surface area contributed by atoms with E-state index in [9.17, 15) is 0 Å². The predicted molar refractivity (Wildman–Crippen MR) is 111 cm³/mol. The zero-order chi connectivity index (χ0) is 17.9. The summed E-state index contributed by atoms with van der Waals surface area (Å²) in [6.07, 6.45) is 20.3. The van der Waals surface area contributed by atoms with Crippen molar-refractivity contribution in [1.29, 1.82) is 0 Å². The SMILES string of the molecule is CC(C)CCCCCCCCCCCCCCCNCCN(C)C. The number of nitrogens with zero attached hydrogens (tertiary/aromatic N) is 1. The van der Waals surface area contributed by atoms with Crippen molar-refractivity contribution in [2.45, 2.75) is 104 Å². The smallest absolute Gasteiger partial charge is 0.0101 e. The molecule has 0 aromatic rings. The third-order valence-corrected chi connectivity index (χ3v) is 4.87. The standard InChI is InChI=1S/C22H48N2/c1-22(2)18-16-14-12-10-8-6-5-7-9-11-13-15-17-19-23-20-21-24(3)4/h22-23H,5-21H2,1-4H3. The summed E-state index contributed by atoms with van der Waals surface area (Å²) < 4.78 is 0. The van der Waals surface area contributed by atoms with E-state index >= 15 is 0 Å². The molecule has 24 heavy (non-hydrogen) atoms. The summed E-state index contributed by atoms with van der Waals surface area (Å²) >= 11 is 0. The fraction of sp³-hybridized carbons (Fsp3) is 1.00. The van der Waals surface area contributed by atoms with E-state index in [1.807, 2.05) is 0 Å². The van der Waals surface area contributed by atoms with Gasteiger partial charge in [0.05, 0.1) is 0 Å². The molecule has 0 aromatic carbocycles. The van der Waals surface area contributed by atoms with E-state index in [0.29, 0.717) is 0 Å².